The molecular formula is C27H29N3O4. The number of hydrogen-bond donors (Lipinski definition) is 2. The molecule has 34 heavy (non-hydrogen) atoms. The molecule has 7 nitrogen and oxygen atoms in total. The lowest BCUT2D eigenvalue weighted by Crippen LogP contribution is -2.49. The van der Waals surface area contributed by atoms with Crippen LogP contribution in [0.3, 0.4) is 0 Å². The van der Waals surface area contributed by atoms with Gasteiger partial charge in [0.25, 0.3) is 5.91 Å². The van der Waals surface area contributed by atoms with Gasteiger partial charge in [0.05, 0.1) is 12.8 Å². The van der Waals surface area contributed by atoms with Crippen molar-refractivity contribution >= 4 is 23.4 Å². The highest BCUT2D eigenvalue weighted by atomic mass is 16.3. The first-order chi connectivity index (χ1) is 16.5. The van der Waals surface area contributed by atoms with Gasteiger partial charge in [-0.05, 0) is 49.6 Å². The lowest BCUT2D eigenvalue weighted by Gasteiger charge is -2.32. The molecule has 3 amide bonds. The van der Waals surface area contributed by atoms with Gasteiger partial charge in [-0.2, -0.15) is 0 Å². The Bertz CT molecular complexity index is 1100. The van der Waals surface area contributed by atoms with Gasteiger partial charge >= 0.3 is 0 Å². The van der Waals surface area contributed by atoms with Crippen LogP contribution >= 0.6 is 0 Å². The van der Waals surface area contributed by atoms with Crippen LogP contribution < -0.4 is 15.5 Å². The first-order valence-electron chi connectivity index (χ1n) is 11.6. The number of carbonyl (C=O) groups is 3. The standard InChI is InChI=1S/C27H29N3O4/c1-19-13-15-22(16-14-19)30(24(31)18-28-26(32)23-12-7-17-34-23)25(20-8-3-2-4-9-20)27(33)29-21-10-5-6-11-21/h2-4,7-9,12-17,21,25H,5-6,10-11,18H2,1H3,(H,28,32)(H,29,33). The minimum atomic E-state index is -0.877. The number of amides is 3. The molecule has 176 valence electrons. The second-order valence-corrected chi connectivity index (χ2v) is 8.56. The lowest BCUT2D eigenvalue weighted by atomic mass is 10.0. The Labute approximate surface area is 199 Å². The Balaban J connectivity index is 1.65. The quantitative estimate of drug-likeness (QED) is 0.529. The third-order valence-corrected chi connectivity index (χ3v) is 6.05. The minimum absolute atomic E-state index is 0.104. The average Bonchev–Trinajstić information content (AvgIpc) is 3.57. The monoisotopic (exact) mass is 459 g/mol. The molecule has 0 spiro atoms. The van der Waals surface area contributed by atoms with Crippen molar-refractivity contribution in [1.82, 2.24) is 10.6 Å². The molecular weight excluding hydrogens is 430 g/mol. The Kier molecular flexibility index (Phi) is 7.42. The van der Waals surface area contributed by atoms with Crippen LogP contribution in [0.4, 0.5) is 5.69 Å². The van der Waals surface area contributed by atoms with Crippen molar-refractivity contribution in [3.8, 4) is 0 Å². The zero-order valence-corrected chi connectivity index (χ0v) is 19.2. The van der Waals surface area contributed by atoms with Gasteiger partial charge in [-0.3, -0.25) is 19.3 Å². The van der Waals surface area contributed by atoms with E-state index in [1.807, 2.05) is 61.5 Å². The smallest absolute Gasteiger partial charge is 0.287 e. The van der Waals surface area contributed by atoms with Crippen LogP contribution in [0.5, 0.6) is 0 Å². The van der Waals surface area contributed by atoms with Gasteiger partial charge in [0.15, 0.2) is 5.76 Å². The fourth-order valence-corrected chi connectivity index (χ4v) is 4.28. The molecule has 1 aliphatic rings. The molecule has 7 heteroatoms. The predicted molar refractivity (Wildman–Crippen MR) is 129 cm³/mol. The number of anilines is 1. The molecule has 1 saturated carbocycles. The first-order valence-corrected chi connectivity index (χ1v) is 11.6. The highest BCUT2D eigenvalue weighted by molar-refractivity contribution is 6.04. The lowest BCUT2D eigenvalue weighted by molar-refractivity contribution is -0.126. The van der Waals surface area contributed by atoms with Gasteiger partial charge in [0.2, 0.25) is 11.8 Å². The van der Waals surface area contributed by atoms with E-state index in [1.54, 1.807) is 6.07 Å². The van der Waals surface area contributed by atoms with Crippen LogP contribution in [0.2, 0.25) is 0 Å². The SMILES string of the molecule is Cc1ccc(N(C(=O)CNC(=O)c2ccco2)C(C(=O)NC2CCCC2)c2ccccc2)cc1. The fraction of sp³-hybridized carbons (Fsp3) is 0.296. The molecule has 1 atom stereocenters. The maximum Gasteiger partial charge on any atom is 0.287 e. The van der Waals surface area contributed by atoms with Crippen molar-refractivity contribution in [3.05, 3.63) is 89.9 Å². The van der Waals surface area contributed by atoms with E-state index in [9.17, 15) is 14.4 Å². The Hall–Kier alpha value is -3.87. The van der Waals surface area contributed by atoms with Gasteiger partial charge < -0.3 is 15.1 Å². The molecule has 1 unspecified atom stereocenters. The van der Waals surface area contributed by atoms with E-state index in [-0.39, 0.29) is 24.3 Å². The highest BCUT2D eigenvalue weighted by Gasteiger charge is 2.34. The van der Waals surface area contributed by atoms with Gasteiger partial charge in [-0.1, -0.05) is 60.9 Å². The summed E-state index contributed by atoms with van der Waals surface area (Å²) in [4.78, 5) is 41.0. The van der Waals surface area contributed by atoms with E-state index < -0.39 is 17.9 Å². The summed E-state index contributed by atoms with van der Waals surface area (Å²) in [7, 11) is 0. The molecule has 0 bridgehead atoms. The van der Waals surface area contributed by atoms with Gasteiger partial charge in [-0.25, -0.2) is 0 Å². The maximum atomic E-state index is 13.6. The van der Waals surface area contributed by atoms with Crippen LogP contribution in [-0.4, -0.2) is 30.3 Å². The molecule has 3 aromatic rings. The number of hydrogen-bond acceptors (Lipinski definition) is 4. The number of benzene rings is 2. The van der Waals surface area contributed by atoms with Crippen LogP contribution in [0.15, 0.2) is 77.4 Å². The second-order valence-electron chi connectivity index (χ2n) is 8.56. The molecule has 0 radical (unpaired) electrons. The summed E-state index contributed by atoms with van der Waals surface area (Å²) in [6.45, 7) is 1.68. The summed E-state index contributed by atoms with van der Waals surface area (Å²) in [5, 5.41) is 5.76. The van der Waals surface area contributed by atoms with Crippen LogP contribution in [-0.2, 0) is 9.59 Å². The highest BCUT2D eigenvalue weighted by Crippen LogP contribution is 2.29. The summed E-state index contributed by atoms with van der Waals surface area (Å²) in [5.74, 6) is -1.01. The summed E-state index contributed by atoms with van der Waals surface area (Å²) in [5.41, 5.74) is 2.32. The van der Waals surface area contributed by atoms with E-state index in [4.69, 9.17) is 4.42 Å². The number of furan rings is 1. The molecule has 2 N–H and O–H groups in total. The van der Waals surface area contributed by atoms with E-state index in [1.165, 1.54) is 17.2 Å². The Morgan fingerprint density at radius 3 is 2.32 bits per heavy atom. The van der Waals surface area contributed by atoms with E-state index >= 15 is 0 Å². The zero-order chi connectivity index (χ0) is 23.9. The molecule has 1 fully saturated rings. The topological polar surface area (TPSA) is 91.7 Å². The summed E-state index contributed by atoms with van der Waals surface area (Å²) >= 11 is 0. The summed E-state index contributed by atoms with van der Waals surface area (Å²) < 4.78 is 5.11. The molecule has 2 aromatic carbocycles. The molecule has 1 heterocycles. The van der Waals surface area contributed by atoms with Crippen molar-refractivity contribution in [1.29, 1.82) is 0 Å². The Morgan fingerprint density at radius 1 is 0.971 bits per heavy atom. The normalized spacial score (nSPS) is 14.4. The first kappa shape index (κ1) is 23.3. The number of carbonyl (C=O) groups excluding carboxylic acids is 3. The molecule has 1 aromatic heterocycles. The third-order valence-electron chi connectivity index (χ3n) is 6.05. The van der Waals surface area contributed by atoms with Crippen molar-refractivity contribution < 1.29 is 18.8 Å². The molecule has 1 aliphatic carbocycles. The number of nitrogens with one attached hydrogen (secondary N) is 2. The Morgan fingerprint density at radius 2 is 1.68 bits per heavy atom. The number of aryl methyl sites for hydroxylation is 1. The van der Waals surface area contributed by atoms with Gasteiger partial charge in [-0.15, -0.1) is 0 Å². The van der Waals surface area contributed by atoms with Gasteiger partial charge in [0.1, 0.15) is 6.04 Å². The second kappa shape index (κ2) is 10.8. The van der Waals surface area contributed by atoms with Crippen molar-refractivity contribution in [2.24, 2.45) is 0 Å². The molecule has 4 rings (SSSR count). The van der Waals surface area contributed by atoms with Crippen LogP contribution in [0, 0.1) is 6.92 Å². The minimum Gasteiger partial charge on any atom is -0.459 e. The predicted octanol–water partition coefficient (Wildman–Crippen LogP) is 4.15. The van der Waals surface area contributed by atoms with Crippen LogP contribution in [0.25, 0.3) is 0 Å². The summed E-state index contributed by atoms with van der Waals surface area (Å²) in [6, 6.07) is 19.0. The van der Waals surface area contributed by atoms with E-state index in [0.29, 0.717) is 11.3 Å². The maximum absolute atomic E-state index is 13.6. The fourth-order valence-electron chi connectivity index (χ4n) is 4.28. The van der Waals surface area contributed by atoms with E-state index in [0.717, 1.165) is 31.2 Å². The molecule has 0 saturated heterocycles. The number of nitrogens with zero attached hydrogens (tertiary/aromatic N) is 1. The van der Waals surface area contributed by atoms with Crippen molar-refractivity contribution in [3.63, 3.8) is 0 Å². The number of rotatable bonds is 8. The van der Waals surface area contributed by atoms with E-state index in [2.05, 4.69) is 10.6 Å². The molecule has 0 aliphatic heterocycles. The van der Waals surface area contributed by atoms with Crippen LogP contribution in [0.1, 0.15) is 53.4 Å². The summed E-state index contributed by atoms with van der Waals surface area (Å²) in [6.07, 6.45) is 5.44. The van der Waals surface area contributed by atoms with Crippen molar-refractivity contribution in [2.45, 2.75) is 44.7 Å². The average molecular weight is 460 g/mol. The zero-order valence-electron chi connectivity index (χ0n) is 19.2. The van der Waals surface area contributed by atoms with Crippen molar-refractivity contribution in [2.75, 3.05) is 11.4 Å². The third kappa shape index (κ3) is 5.54. The van der Waals surface area contributed by atoms with Gasteiger partial charge in [0, 0.05) is 11.7 Å². The largest absolute Gasteiger partial charge is 0.459 e.